The van der Waals surface area contributed by atoms with Gasteiger partial charge in [0.25, 0.3) is 0 Å². The monoisotopic (exact) mass is 282 g/mol. The highest BCUT2D eigenvalue weighted by Crippen LogP contribution is 2.29. The Morgan fingerprint density at radius 1 is 1.11 bits per heavy atom. The van der Waals surface area contributed by atoms with Crippen molar-refractivity contribution in [3.05, 3.63) is 12.7 Å². The van der Waals surface area contributed by atoms with Gasteiger partial charge in [-0.3, -0.25) is 0 Å². The number of rotatable bonds is 10. The van der Waals surface area contributed by atoms with Crippen LogP contribution in [-0.2, 0) is 0 Å². The molecule has 0 aliphatic rings. The van der Waals surface area contributed by atoms with Crippen LogP contribution in [0.15, 0.2) is 12.7 Å². The standard InChI is InChI=1S/C17H31FSi/c1-5-7-8-9-10-11-12-13-14-16-17(15-6-2)19(3,4)18/h6,17H,2,5,7-12,15-16H2,1,3-4H3. The highest BCUT2D eigenvalue weighted by atomic mass is 28.4. The smallest absolute Gasteiger partial charge is 0.245 e. The maximum Gasteiger partial charge on any atom is 0.245 e. The molecular weight excluding hydrogens is 251 g/mol. The Kier molecular flexibility index (Phi) is 11.0. The third kappa shape index (κ3) is 11.0. The fourth-order valence-electron chi connectivity index (χ4n) is 2.08. The van der Waals surface area contributed by atoms with Crippen molar-refractivity contribution in [2.24, 2.45) is 0 Å². The van der Waals surface area contributed by atoms with E-state index in [2.05, 4.69) is 25.3 Å². The van der Waals surface area contributed by atoms with Crippen molar-refractivity contribution >= 4 is 8.41 Å². The molecule has 2 heteroatoms. The lowest BCUT2D eigenvalue weighted by Crippen LogP contribution is -2.26. The van der Waals surface area contributed by atoms with Crippen LogP contribution in [0.3, 0.4) is 0 Å². The zero-order valence-electron chi connectivity index (χ0n) is 13.1. The maximum atomic E-state index is 14.0. The van der Waals surface area contributed by atoms with Crippen LogP contribution >= 0.6 is 0 Å². The molecule has 0 aromatic carbocycles. The van der Waals surface area contributed by atoms with Crippen LogP contribution in [0, 0.1) is 11.8 Å². The molecule has 0 N–H and O–H groups in total. The van der Waals surface area contributed by atoms with Crippen LogP contribution in [0.4, 0.5) is 4.11 Å². The van der Waals surface area contributed by atoms with Gasteiger partial charge in [0, 0.05) is 12.8 Å². The molecule has 0 spiro atoms. The van der Waals surface area contributed by atoms with Crippen molar-refractivity contribution in [1.29, 1.82) is 0 Å². The van der Waals surface area contributed by atoms with E-state index in [1.165, 1.54) is 38.5 Å². The van der Waals surface area contributed by atoms with Gasteiger partial charge in [-0.2, -0.15) is 0 Å². The minimum Gasteiger partial charge on any atom is -0.314 e. The van der Waals surface area contributed by atoms with Gasteiger partial charge in [0.15, 0.2) is 0 Å². The molecule has 0 heterocycles. The van der Waals surface area contributed by atoms with Crippen LogP contribution in [0.1, 0.15) is 64.7 Å². The van der Waals surface area contributed by atoms with Crippen LogP contribution in [0.5, 0.6) is 0 Å². The van der Waals surface area contributed by atoms with E-state index >= 15 is 0 Å². The molecule has 0 rings (SSSR count). The van der Waals surface area contributed by atoms with Gasteiger partial charge in [-0.05, 0) is 31.5 Å². The fourth-order valence-corrected chi connectivity index (χ4v) is 3.40. The Hall–Kier alpha value is -0.553. The second-order valence-electron chi connectivity index (χ2n) is 5.86. The SMILES string of the molecule is C=CCC(CC#CCCCCCCCC)[Si](C)(C)F. The average Bonchev–Trinajstić information content (AvgIpc) is 2.34. The summed E-state index contributed by atoms with van der Waals surface area (Å²) in [5.74, 6) is 6.38. The minimum absolute atomic E-state index is 0.113. The highest BCUT2D eigenvalue weighted by Gasteiger charge is 2.30. The molecule has 0 saturated heterocycles. The normalized spacial score (nSPS) is 12.6. The van der Waals surface area contributed by atoms with Gasteiger partial charge in [-0.15, -0.1) is 18.4 Å². The quantitative estimate of drug-likeness (QED) is 0.146. The van der Waals surface area contributed by atoms with Gasteiger partial charge in [-0.1, -0.05) is 45.1 Å². The average molecular weight is 283 g/mol. The summed E-state index contributed by atoms with van der Waals surface area (Å²) in [6, 6.07) is 0. The molecule has 0 nitrogen and oxygen atoms in total. The molecular formula is C17H31FSi. The first-order valence-electron chi connectivity index (χ1n) is 7.77. The Labute approximate surface area is 121 Å². The fraction of sp³-hybridized carbons (Fsp3) is 0.765. The lowest BCUT2D eigenvalue weighted by Gasteiger charge is -2.21. The Balaban J connectivity index is 3.74. The summed E-state index contributed by atoms with van der Waals surface area (Å²) in [6.07, 6.45) is 12.1. The van der Waals surface area contributed by atoms with Crippen molar-refractivity contribution < 1.29 is 4.11 Å². The molecule has 0 fully saturated rings. The summed E-state index contributed by atoms with van der Waals surface area (Å²) in [4.78, 5) is 0. The van der Waals surface area contributed by atoms with E-state index in [0.717, 1.165) is 12.8 Å². The molecule has 0 bridgehead atoms. The Bertz CT molecular complexity index is 280. The van der Waals surface area contributed by atoms with Gasteiger partial charge in [-0.25, -0.2) is 0 Å². The number of hydrogen-bond donors (Lipinski definition) is 0. The van der Waals surface area contributed by atoms with E-state index < -0.39 is 8.41 Å². The van der Waals surface area contributed by atoms with E-state index in [0.29, 0.717) is 6.42 Å². The molecule has 0 saturated carbocycles. The largest absolute Gasteiger partial charge is 0.314 e. The van der Waals surface area contributed by atoms with E-state index in [9.17, 15) is 4.11 Å². The number of halogens is 1. The summed E-state index contributed by atoms with van der Waals surface area (Å²) in [7, 11) is -2.57. The molecule has 0 aliphatic heterocycles. The second kappa shape index (κ2) is 11.3. The summed E-state index contributed by atoms with van der Waals surface area (Å²) in [5.41, 5.74) is 0.113. The molecule has 0 radical (unpaired) electrons. The maximum absolute atomic E-state index is 14.0. The predicted octanol–water partition coefficient (Wildman–Crippen LogP) is 6.25. The zero-order chi connectivity index (χ0) is 14.6. The van der Waals surface area contributed by atoms with Crippen LogP contribution in [0.2, 0.25) is 18.6 Å². The topological polar surface area (TPSA) is 0 Å². The number of hydrogen-bond acceptors (Lipinski definition) is 0. The third-order valence-corrected chi connectivity index (χ3v) is 5.93. The van der Waals surface area contributed by atoms with Gasteiger partial charge in [0.05, 0.1) is 0 Å². The lowest BCUT2D eigenvalue weighted by atomic mass is 10.1. The summed E-state index contributed by atoms with van der Waals surface area (Å²) in [5, 5.41) is 0. The van der Waals surface area contributed by atoms with E-state index in [1.807, 2.05) is 6.08 Å². The van der Waals surface area contributed by atoms with Crippen LogP contribution in [-0.4, -0.2) is 8.41 Å². The van der Waals surface area contributed by atoms with E-state index in [4.69, 9.17) is 0 Å². The predicted molar refractivity (Wildman–Crippen MR) is 87.5 cm³/mol. The van der Waals surface area contributed by atoms with Crippen molar-refractivity contribution in [3.63, 3.8) is 0 Å². The molecule has 0 aliphatic carbocycles. The van der Waals surface area contributed by atoms with E-state index in [-0.39, 0.29) is 5.54 Å². The first-order valence-corrected chi connectivity index (χ1v) is 10.7. The molecule has 0 aromatic heterocycles. The van der Waals surface area contributed by atoms with E-state index in [1.54, 1.807) is 13.1 Å². The molecule has 1 unspecified atom stereocenters. The van der Waals surface area contributed by atoms with Crippen LogP contribution in [0.25, 0.3) is 0 Å². The van der Waals surface area contributed by atoms with Gasteiger partial charge >= 0.3 is 0 Å². The summed E-state index contributed by atoms with van der Waals surface area (Å²) < 4.78 is 14.0. The lowest BCUT2D eigenvalue weighted by molar-refractivity contribution is 0.613. The Morgan fingerprint density at radius 3 is 2.32 bits per heavy atom. The zero-order valence-corrected chi connectivity index (χ0v) is 14.1. The van der Waals surface area contributed by atoms with Crippen LogP contribution < -0.4 is 0 Å². The number of unbranched alkanes of at least 4 members (excludes halogenated alkanes) is 6. The summed E-state index contributed by atoms with van der Waals surface area (Å²) in [6.45, 7) is 9.50. The summed E-state index contributed by atoms with van der Waals surface area (Å²) >= 11 is 0. The van der Waals surface area contributed by atoms with Crippen molar-refractivity contribution in [2.75, 3.05) is 0 Å². The highest BCUT2D eigenvalue weighted by molar-refractivity contribution is 6.72. The molecule has 19 heavy (non-hydrogen) atoms. The molecule has 0 amide bonds. The number of allylic oxidation sites excluding steroid dienone is 1. The molecule has 110 valence electrons. The van der Waals surface area contributed by atoms with Gasteiger partial charge in [0.2, 0.25) is 8.41 Å². The van der Waals surface area contributed by atoms with Gasteiger partial charge < -0.3 is 4.11 Å². The van der Waals surface area contributed by atoms with Crippen molar-refractivity contribution in [2.45, 2.75) is 83.3 Å². The molecule has 1 atom stereocenters. The van der Waals surface area contributed by atoms with Gasteiger partial charge in [0.1, 0.15) is 0 Å². The van der Waals surface area contributed by atoms with Crippen molar-refractivity contribution in [1.82, 2.24) is 0 Å². The third-order valence-electron chi connectivity index (χ3n) is 3.55. The Morgan fingerprint density at radius 2 is 1.74 bits per heavy atom. The first-order chi connectivity index (χ1) is 9.02. The molecule has 0 aromatic rings. The second-order valence-corrected chi connectivity index (χ2v) is 9.81. The first kappa shape index (κ1) is 18.4. The van der Waals surface area contributed by atoms with Crippen molar-refractivity contribution in [3.8, 4) is 11.8 Å². The minimum atomic E-state index is -2.57.